The number of carbonyl (C=O) groups excluding carboxylic acids is 1. The van der Waals surface area contributed by atoms with E-state index in [1.54, 1.807) is 18.3 Å². The van der Waals surface area contributed by atoms with Crippen molar-refractivity contribution in [2.45, 2.75) is 44.6 Å². The molecule has 2 aliphatic heterocycles. The van der Waals surface area contributed by atoms with Crippen LogP contribution in [0.15, 0.2) is 34.9 Å². The molecule has 5 nitrogen and oxygen atoms in total. The number of nitrogens with zero attached hydrogens (tertiary/aromatic N) is 3. The molecule has 1 aromatic carbocycles. The van der Waals surface area contributed by atoms with Crippen molar-refractivity contribution in [3.63, 3.8) is 0 Å². The molecule has 1 amide bonds. The Morgan fingerprint density at radius 2 is 1.85 bits per heavy atom. The molecule has 6 heteroatoms. The lowest BCUT2D eigenvalue weighted by molar-refractivity contribution is -0.136. The van der Waals surface area contributed by atoms with Crippen LogP contribution >= 0.6 is 0 Å². The molecule has 2 aromatic rings. The first-order chi connectivity index (χ1) is 13.2. The number of hydrogen-bond acceptors (Lipinski definition) is 4. The van der Waals surface area contributed by atoms with Crippen molar-refractivity contribution in [1.29, 1.82) is 0 Å². The lowest BCUT2D eigenvalue weighted by Gasteiger charge is -2.34. The van der Waals surface area contributed by atoms with Gasteiger partial charge in [-0.25, -0.2) is 9.37 Å². The number of aromatic nitrogens is 1. The van der Waals surface area contributed by atoms with Crippen molar-refractivity contribution < 1.29 is 13.6 Å². The smallest absolute Gasteiger partial charge is 0.237 e. The highest BCUT2D eigenvalue weighted by molar-refractivity contribution is 5.78. The van der Waals surface area contributed by atoms with Gasteiger partial charge in [0.05, 0.1) is 12.7 Å². The summed E-state index contributed by atoms with van der Waals surface area (Å²) in [7, 11) is 0. The highest BCUT2D eigenvalue weighted by Crippen LogP contribution is 2.31. The Bertz CT molecular complexity index is 768. The van der Waals surface area contributed by atoms with Gasteiger partial charge < -0.3 is 9.32 Å². The van der Waals surface area contributed by atoms with Gasteiger partial charge in [0.15, 0.2) is 0 Å². The SMILES string of the molecule is O=C(CN1CCCC1)N1CCCC[C@@H]1c1ncc(Cc2ccc(F)cc2)o1. The number of hydrogen-bond donors (Lipinski definition) is 0. The summed E-state index contributed by atoms with van der Waals surface area (Å²) < 4.78 is 19.1. The lowest BCUT2D eigenvalue weighted by atomic mass is 10.0. The summed E-state index contributed by atoms with van der Waals surface area (Å²) in [6.07, 6.45) is 7.67. The second-order valence-corrected chi connectivity index (χ2v) is 7.55. The van der Waals surface area contributed by atoms with Gasteiger partial charge in [-0.2, -0.15) is 0 Å². The lowest BCUT2D eigenvalue weighted by Crippen LogP contribution is -2.43. The molecule has 2 fully saturated rings. The Morgan fingerprint density at radius 3 is 2.63 bits per heavy atom. The first-order valence-corrected chi connectivity index (χ1v) is 9.90. The first kappa shape index (κ1) is 18.2. The van der Waals surface area contributed by atoms with E-state index in [2.05, 4.69) is 9.88 Å². The molecule has 144 valence electrons. The summed E-state index contributed by atoms with van der Waals surface area (Å²) in [5.41, 5.74) is 0.977. The van der Waals surface area contributed by atoms with Gasteiger partial charge in [-0.1, -0.05) is 12.1 Å². The van der Waals surface area contributed by atoms with E-state index in [9.17, 15) is 9.18 Å². The number of piperidine rings is 1. The minimum atomic E-state index is -0.244. The van der Waals surface area contributed by atoms with E-state index in [0.717, 1.165) is 50.2 Å². The summed E-state index contributed by atoms with van der Waals surface area (Å²) in [5.74, 6) is 1.31. The van der Waals surface area contributed by atoms with E-state index in [4.69, 9.17) is 4.42 Å². The number of amides is 1. The molecule has 27 heavy (non-hydrogen) atoms. The number of benzene rings is 1. The average molecular weight is 371 g/mol. The number of halogens is 1. The summed E-state index contributed by atoms with van der Waals surface area (Å²) in [6, 6.07) is 6.34. The third-order valence-corrected chi connectivity index (χ3v) is 5.53. The summed E-state index contributed by atoms with van der Waals surface area (Å²) in [6.45, 7) is 3.31. The Morgan fingerprint density at radius 1 is 1.11 bits per heavy atom. The minimum absolute atomic E-state index is 0.0733. The van der Waals surface area contributed by atoms with Crippen LogP contribution in [0.1, 0.15) is 55.4 Å². The van der Waals surface area contributed by atoms with E-state index >= 15 is 0 Å². The largest absolute Gasteiger partial charge is 0.443 e. The molecule has 0 spiro atoms. The average Bonchev–Trinajstić information content (AvgIpc) is 3.36. The number of likely N-dealkylation sites (tertiary alicyclic amines) is 2. The summed E-state index contributed by atoms with van der Waals surface area (Å²) in [4.78, 5) is 21.5. The van der Waals surface area contributed by atoms with Crippen LogP contribution in [-0.2, 0) is 11.2 Å². The quantitative estimate of drug-likeness (QED) is 0.806. The number of rotatable bonds is 5. The van der Waals surface area contributed by atoms with Crippen LogP contribution in [0.4, 0.5) is 4.39 Å². The molecule has 0 radical (unpaired) electrons. The van der Waals surface area contributed by atoms with Crippen LogP contribution in [-0.4, -0.2) is 46.9 Å². The zero-order valence-corrected chi connectivity index (χ0v) is 15.6. The zero-order valence-electron chi connectivity index (χ0n) is 15.6. The molecule has 1 atom stereocenters. The molecule has 1 aromatic heterocycles. The van der Waals surface area contributed by atoms with Crippen LogP contribution in [0, 0.1) is 5.82 Å². The van der Waals surface area contributed by atoms with Crippen LogP contribution in [0.5, 0.6) is 0 Å². The van der Waals surface area contributed by atoms with Gasteiger partial charge in [-0.05, 0) is 62.9 Å². The molecule has 0 bridgehead atoms. The Labute approximate surface area is 159 Å². The maximum atomic E-state index is 13.1. The Kier molecular flexibility index (Phi) is 5.53. The molecule has 0 N–H and O–H groups in total. The monoisotopic (exact) mass is 371 g/mol. The van der Waals surface area contributed by atoms with E-state index in [-0.39, 0.29) is 17.8 Å². The third kappa shape index (κ3) is 4.38. The van der Waals surface area contributed by atoms with Gasteiger partial charge in [-0.3, -0.25) is 9.69 Å². The third-order valence-electron chi connectivity index (χ3n) is 5.53. The maximum absolute atomic E-state index is 13.1. The van der Waals surface area contributed by atoms with E-state index < -0.39 is 0 Å². The van der Waals surface area contributed by atoms with E-state index in [0.29, 0.717) is 18.9 Å². The second-order valence-electron chi connectivity index (χ2n) is 7.55. The molecular formula is C21H26FN3O2. The fourth-order valence-electron chi connectivity index (χ4n) is 4.07. The van der Waals surface area contributed by atoms with Crippen LogP contribution in [0.25, 0.3) is 0 Å². The number of carbonyl (C=O) groups is 1. The normalized spacial score (nSPS) is 20.9. The van der Waals surface area contributed by atoms with Gasteiger partial charge in [0.2, 0.25) is 11.8 Å². The summed E-state index contributed by atoms with van der Waals surface area (Å²) >= 11 is 0. The van der Waals surface area contributed by atoms with E-state index in [1.807, 2.05) is 4.90 Å². The van der Waals surface area contributed by atoms with Gasteiger partial charge in [0.1, 0.15) is 17.6 Å². The fourth-order valence-corrected chi connectivity index (χ4v) is 4.07. The van der Waals surface area contributed by atoms with Crippen molar-refractivity contribution in [2.24, 2.45) is 0 Å². The molecule has 2 saturated heterocycles. The van der Waals surface area contributed by atoms with Gasteiger partial charge in [0, 0.05) is 13.0 Å². The highest BCUT2D eigenvalue weighted by Gasteiger charge is 2.32. The van der Waals surface area contributed by atoms with Crippen molar-refractivity contribution >= 4 is 5.91 Å². The molecule has 2 aliphatic rings. The Balaban J connectivity index is 1.44. The zero-order chi connectivity index (χ0) is 18.6. The van der Waals surface area contributed by atoms with Crippen LogP contribution in [0.3, 0.4) is 0 Å². The first-order valence-electron chi connectivity index (χ1n) is 9.90. The van der Waals surface area contributed by atoms with Gasteiger partial charge in [-0.15, -0.1) is 0 Å². The maximum Gasteiger partial charge on any atom is 0.237 e. The van der Waals surface area contributed by atoms with Crippen molar-refractivity contribution in [2.75, 3.05) is 26.2 Å². The topological polar surface area (TPSA) is 49.6 Å². The second kappa shape index (κ2) is 8.21. The summed E-state index contributed by atoms with van der Waals surface area (Å²) in [5, 5.41) is 0. The minimum Gasteiger partial charge on any atom is -0.443 e. The predicted molar refractivity (Wildman–Crippen MR) is 99.7 cm³/mol. The molecule has 4 rings (SSSR count). The van der Waals surface area contributed by atoms with Crippen LogP contribution < -0.4 is 0 Å². The molecule has 3 heterocycles. The highest BCUT2D eigenvalue weighted by atomic mass is 19.1. The molecule has 0 aliphatic carbocycles. The van der Waals surface area contributed by atoms with Gasteiger partial charge in [0.25, 0.3) is 0 Å². The molecule has 0 saturated carbocycles. The Hall–Kier alpha value is -2.21. The predicted octanol–water partition coefficient (Wildman–Crippen LogP) is 3.55. The molecule has 0 unspecified atom stereocenters. The molecular weight excluding hydrogens is 345 g/mol. The van der Waals surface area contributed by atoms with Crippen molar-refractivity contribution in [3.8, 4) is 0 Å². The van der Waals surface area contributed by atoms with E-state index in [1.165, 1.54) is 25.0 Å². The van der Waals surface area contributed by atoms with Crippen LogP contribution in [0.2, 0.25) is 0 Å². The number of oxazole rings is 1. The standard InChI is InChI=1S/C21H26FN3O2/c22-17-8-6-16(7-9-17)13-18-14-23-21(27-18)19-5-1-2-12-25(19)20(26)15-24-10-3-4-11-24/h6-9,14,19H,1-5,10-13,15H2/t19-/m1/s1. The fraction of sp³-hybridized carbons (Fsp3) is 0.524. The van der Waals surface area contributed by atoms with Crippen molar-refractivity contribution in [3.05, 3.63) is 53.5 Å². The van der Waals surface area contributed by atoms with Gasteiger partial charge >= 0.3 is 0 Å². The van der Waals surface area contributed by atoms with Crippen molar-refractivity contribution in [1.82, 2.24) is 14.8 Å².